The molecule has 0 radical (unpaired) electrons. The highest BCUT2D eigenvalue weighted by Crippen LogP contribution is 2.20. The van der Waals surface area contributed by atoms with Crippen molar-refractivity contribution >= 4 is 11.8 Å². The first-order valence-electron chi connectivity index (χ1n) is 6.68. The van der Waals surface area contributed by atoms with Crippen molar-refractivity contribution in [3.05, 3.63) is 29.8 Å². The fourth-order valence-corrected chi connectivity index (χ4v) is 1.67. The first-order valence-corrected chi connectivity index (χ1v) is 6.68. The Bertz CT molecular complexity index is 658. The molecule has 21 heavy (non-hydrogen) atoms. The normalized spacial score (nSPS) is 11.4. The lowest BCUT2D eigenvalue weighted by atomic mass is 9.96. The number of carbonyl (C=O) groups excluding carboxylic acids is 1. The molecule has 0 aliphatic carbocycles. The van der Waals surface area contributed by atoms with Gasteiger partial charge in [-0.3, -0.25) is 0 Å². The maximum atomic E-state index is 11.6. The standard InChI is InChI=1S/C14H19N5O2/c1-5-21-12(20)9-7-16-19(8-9)11-6-10(15)17-13(18-11)14(2,3)4/h6-8H,5H2,1-4H3,(H2,15,17,18). The summed E-state index contributed by atoms with van der Waals surface area (Å²) in [6.45, 7) is 8.07. The summed E-state index contributed by atoms with van der Waals surface area (Å²) >= 11 is 0. The van der Waals surface area contributed by atoms with Gasteiger partial charge >= 0.3 is 5.97 Å². The van der Waals surface area contributed by atoms with Crippen LogP contribution in [0.25, 0.3) is 5.82 Å². The summed E-state index contributed by atoms with van der Waals surface area (Å²) in [5, 5.41) is 4.12. The van der Waals surface area contributed by atoms with E-state index in [4.69, 9.17) is 10.5 Å². The molecule has 0 aromatic carbocycles. The molecule has 2 heterocycles. The third-order valence-corrected chi connectivity index (χ3v) is 2.73. The molecule has 0 saturated heterocycles. The van der Waals surface area contributed by atoms with Crippen LogP contribution in [0.15, 0.2) is 18.5 Å². The molecule has 0 saturated carbocycles. The largest absolute Gasteiger partial charge is 0.462 e. The van der Waals surface area contributed by atoms with Crippen molar-refractivity contribution in [1.29, 1.82) is 0 Å². The highest BCUT2D eigenvalue weighted by atomic mass is 16.5. The predicted molar refractivity (Wildman–Crippen MR) is 78.2 cm³/mol. The summed E-state index contributed by atoms with van der Waals surface area (Å²) < 4.78 is 6.41. The Labute approximate surface area is 123 Å². The van der Waals surface area contributed by atoms with E-state index in [-0.39, 0.29) is 5.41 Å². The maximum absolute atomic E-state index is 11.6. The third kappa shape index (κ3) is 3.36. The molecular weight excluding hydrogens is 270 g/mol. The molecule has 2 aromatic heterocycles. The average Bonchev–Trinajstić information content (AvgIpc) is 2.87. The average molecular weight is 289 g/mol. The number of ether oxygens (including phenoxy) is 1. The zero-order chi connectivity index (χ0) is 15.6. The molecule has 0 aliphatic heterocycles. The van der Waals surface area contributed by atoms with Gasteiger partial charge in [0.2, 0.25) is 0 Å². The molecule has 7 heteroatoms. The molecule has 0 amide bonds. The Balaban J connectivity index is 2.39. The van der Waals surface area contributed by atoms with Crippen LogP contribution >= 0.6 is 0 Å². The van der Waals surface area contributed by atoms with Crippen LogP contribution in [0, 0.1) is 0 Å². The molecule has 0 atom stereocenters. The second-order valence-electron chi connectivity index (χ2n) is 5.62. The van der Waals surface area contributed by atoms with Gasteiger partial charge in [0.25, 0.3) is 0 Å². The van der Waals surface area contributed by atoms with Gasteiger partial charge in [-0.1, -0.05) is 20.8 Å². The molecule has 0 bridgehead atoms. The quantitative estimate of drug-likeness (QED) is 0.864. The zero-order valence-electron chi connectivity index (χ0n) is 12.6. The Morgan fingerprint density at radius 1 is 1.38 bits per heavy atom. The number of hydrogen-bond acceptors (Lipinski definition) is 6. The van der Waals surface area contributed by atoms with Crippen molar-refractivity contribution in [2.75, 3.05) is 12.3 Å². The van der Waals surface area contributed by atoms with E-state index in [2.05, 4.69) is 15.1 Å². The van der Waals surface area contributed by atoms with E-state index in [1.165, 1.54) is 10.9 Å². The van der Waals surface area contributed by atoms with Crippen molar-refractivity contribution in [3.63, 3.8) is 0 Å². The van der Waals surface area contributed by atoms with Gasteiger partial charge < -0.3 is 10.5 Å². The maximum Gasteiger partial charge on any atom is 0.341 e. The van der Waals surface area contributed by atoms with E-state index < -0.39 is 5.97 Å². The number of carbonyl (C=O) groups is 1. The minimum atomic E-state index is -0.415. The predicted octanol–water partition coefficient (Wildman–Crippen LogP) is 1.72. The third-order valence-electron chi connectivity index (χ3n) is 2.73. The van der Waals surface area contributed by atoms with E-state index in [1.807, 2.05) is 20.8 Å². The van der Waals surface area contributed by atoms with Crippen LogP contribution in [0.4, 0.5) is 5.82 Å². The van der Waals surface area contributed by atoms with Crippen molar-refractivity contribution in [3.8, 4) is 5.82 Å². The number of esters is 1. The van der Waals surface area contributed by atoms with Gasteiger partial charge in [0.05, 0.1) is 18.4 Å². The summed E-state index contributed by atoms with van der Waals surface area (Å²) in [5.41, 5.74) is 5.96. The Hall–Kier alpha value is -2.44. The van der Waals surface area contributed by atoms with E-state index in [1.54, 1.807) is 19.2 Å². The van der Waals surface area contributed by atoms with Gasteiger partial charge in [-0.15, -0.1) is 0 Å². The second kappa shape index (κ2) is 5.51. The summed E-state index contributed by atoms with van der Waals surface area (Å²) in [4.78, 5) is 20.3. The molecule has 0 fully saturated rings. The summed E-state index contributed by atoms with van der Waals surface area (Å²) in [7, 11) is 0. The number of rotatable bonds is 3. The van der Waals surface area contributed by atoms with Gasteiger partial charge in [0.1, 0.15) is 11.6 Å². The SMILES string of the molecule is CCOC(=O)c1cnn(-c2cc(N)nc(C(C)(C)C)n2)c1. The number of anilines is 1. The molecule has 0 spiro atoms. The van der Waals surface area contributed by atoms with Crippen molar-refractivity contribution in [1.82, 2.24) is 19.7 Å². The number of hydrogen-bond donors (Lipinski definition) is 1. The van der Waals surface area contributed by atoms with Crippen LogP contribution in [0.3, 0.4) is 0 Å². The van der Waals surface area contributed by atoms with Gasteiger partial charge in [-0.25, -0.2) is 19.4 Å². The molecule has 7 nitrogen and oxygen atoms in total. The first kappa shape index (κ1) is 15.0. The Morgan fingerprint density at radius 3 is 2.71 bits per heavy atom. The first-order chi connectivity index (χ1) is 9.81. The molecule has 0 unspecified atom stereocenters. The van der Waals surface area contributed by atoms with Crippen molar-refractivity contribution in [2.24, 2.45) is 0 Å². The highest BCUT2D eigenvalue weighted by molar-refractivity contribution is 5.88. The smallest absolute Gasteiger partial charge is 0.341 e. The van der Waals surface area contributed by atoms with E-state index in [0.717, 1.165) is 0 Å². The molecule has 2 aromatic rings. The molecule has 2 rings (SSSR count). The minimum absolute atomic E-state index is 0.235. The minimum Gasteiger partial charge on any atom is -0.462 e. The topological polar surface area (TPSA) is 95.9 Å². The van der Waals surface area contributed by atoms with Crippen LogP contribution < -0.4 is 5.73 Å². The van der Waals surface area contributed by atoms with Crippen LogP contribution in [0.1, 0.15) is 43.9 Å². The molecule has 112 valence electrons. The highest BCUT2D eigenvalue weighted by Gasteiger charge is 2.19. The van der Waals surface area contributed by atoms with Crippen LogP contribution in [-0.4, -0.2) is 32.3 Å². The zero-order valence-corrected chi connectivity index (χ0v) is 12.6. The Kier molecular flexibility index (Phi) is 3.93. The lowest BCUT2D eigenvalue weighted by Crippen LogP contribution is -2.18. The lowest BCUT2D eigenvalue weighted by Gasteiger charge is -2.17. The van der Waals surface area contributed by atoms with Crippen LogP contribution in [0.5, 0.6) is 0 Å². The number of nitrogens with zero attached hydrogens (tertiary/aromatic N) is 4. The van der Waals surface area contributed by atoms with E-state index in [0.29, 0.717) is 29.6 Å². The van der Waals surface area contributed by atoms with E-state index in [9.17, 15) is 4.79 Å². The van der Waals surface area contributed by atoms with Crippen LogP contribution in [0.2, 0.25) is 0 Å². The molecule has 0 aliphatic rings. The van der Waals surface area contributed by atoms with Gasteiger partial charge in [0, 0.05) is 17.7 Å². The van der Waals surface area contributed by atoms with Crippen molar-refractivity contribution in [2.45, 2.75) is 33.1 Å². The van der Waals surface area contributed by atoms with Gasteiger partial charge in [-0.2, -0.15) is 5.10 Å². The van der Waals surface area contributed by atoms with E-state index >= 15 is 0 Å². The monoisotopic (exact) mass is 289 g/mol. The Morgan fingerprint density at radius 2 is 2.10 bits per heavy atom. The molecule has 2 N–H and O–H groups in total. The van der Waals surface area contributed by atoms with Gasteiger partial charge in [0.15, 0.2) is 5.82 Å². The summed E-state index contributed by atoms with van der Waals surface area (Å²) in [6.07, 6.45) is 3.00. The summed E-state index contributed by atoms with van der Waals surface area (Å²) in [5.74, 6) is 1.08. The number of aromatic nitrogens is 4. The fraction of sp³-hybridized carbons (Fsp3) is 0.429. The molecular formula is C14H19N5O2. The second-order valence-corrected chi connectivity index (χ2v) is 5.62. The summed E-state index contributed by atoms with van der Waals surface area (Å²) in [6, 6.07) is 1.61. The van der Waals surface area contributed by atoms with Crippen LogP contribution in [-0.2, 0) is 10.2 Å². The lowest BCUT2D eigenvalue weighted by molar-refractivity contribution is 0.0526. The van der Waals surface area contributed by atoms with Gasteiger partial charge in [-0.05, 0) is 6.92 Å². The number of nitrogen functional groups attached to an aromatic ring is 1. The fourth-order valence-electron chi connectivity index (χ4n) is 1.67. The van der Waals surface area contributed by atoms with Crippen molar-refractivity contribution < 1.29 is 9.53 Å². The number of nitrogens with two attached hydrogens (primary N) is 1.